The normalized spacial score (nSPS) is 26.5. The number of hydrogen-bond donors (Lipinski definition) is 2. The van der Waals surface area contributed by atoms with Crippen LogP contribution in [-0.4, -0.2) is 5.11 Å². The van der Waals surface area contributed by atoms with Crippen molar-refractivity contribution in [3.8, 4) is 0 Å². The molecule has 0 saturated carbocycles. The zero-order valence-corrected chi connectivity index (χ0v) is 17.3. The Kier molecular flexibility index (Phi) is 6.74. The molecule has 152 valence electrons. The molecule has 4 unspecified atom stereocenters. The summed E-state index contributed by atoms with van der Waals surface area (Å²) in [6, 6.07) is 26.9. The van der Waals surface area contributed by atoms with E-state index in [2.05, 4.69) is 36.5 Å². The van der Waals surface area contributed by atoms with Gasteiger partial charge in [-0.2, -0.15) is 0 Å². The van der Waals surface area contributed by atoms with Crippen molar-refractivity contribution in [3.05, 3.63) is 107 Å². The van der Waals surface area contributed by atoms with Gasteiger partial charge in [-0.15, -0.1) is 12.4 Å². The molecule has 4 atom stereocenters. The molecule has 1 aliphatic heterocycles. The molecule has 4 heteroatoms. The number of halogens is 2. The summed E-state index contributed by atoms with van der Waals surface area (Å²) in [6.45, 7) is 2.11. The van der Waals surface area contributed by atoms with Gasteiger partial charge in [0.1, 0.15) is 5.82 Å². The summed E-state index contributed by atoms with van der Waals surface area (Å²) >= 11 is 0. The first-order valence-corrected chi connectivity index (χ1v) is 9.96. The number of hydrogen-bond acceptors (Lipinski definition) is 2. The van der Waals surface area contributed by atoms with Gasteiger partial charge in [0.25, 0.3) is 0 Å². The van der Waals surface area contributed by atoms with Gasteiger partial charge in [-0.05, 0) is 35.2 Å². The number of benzene rings is 3. The molecular formula is C25H27ClFNO. The van der Waals surface area contributed by atoms with Crippen LogP contribution in [0.2, 0.25) is 0 Å². The number of piperidine rings is 1. The molecule has 2 N–H and O–H groups in total. The Morgan fingerprint density at radius 2 is 1.45 bits per heavy atom. The van der Waals surface area contributed by atoms with Crippen molar-refractivity contribution in [1.82, 2.24) is 5.32 Å². The van der Waals surface area contributed by atoms with Crippen LogP contribution < -0.4 is 5.32 Å². The Hall–Kier alpha value is -2.20. The summed E-state index contributed by atoms with van der Waals surface area (Å²) in [6.07, 6.45) is 1.35. The second-order valence-electron chi connectivity index (χ2n) is 7.67. The zero-order valence-electron chi connectivity index (χ0n) is 16.5. The third-order valence-electron chi connectivity index (χ3n) is 6.06. The molecule has 4 rings (SSSR count). The zero-order chi connectivity index (χ0) is 19.6. The van der Waals surface area contributed by atoms with E-state index in [9.17, 15) is 9.50 Å². The second-order valence-corrected chi connectivity index (χ2v) is 7.67. The van der Waals surface area contributed by atoms with Crippen molar-refractivity contribution in [2.24, 2.45) is 5.92 Å². The smallest absolute Gasteiger partial charge is 0.123 e. The molecule has 1 aliphatic rings. The Morgan fingerprint density at radius 1 is 0.897 bits per heavy atom. The monoisotopic (exact) mass is 411 g/mol. The van der Waals surface area contributed by atoms with Crippen LogP contribution in [0.5, 0.6) is 0 Å². The summed E-state index contributed by atoms with van der Waals surface area (Å²) in [7, 11) is 0. The molecule has 3 aromatic carbocycles. The van der Waals surface area contributed by atoms with Gasteiger partial charge in [0.15, 0.2) is 0 Å². The van der Waals surface area contributed by atoms with E-state index in [4.69, 9.17) is 0 Å². The molecule has 0 aromatic heterocycles. The molecule has 0 spiro atoms. The van der Waals surface area contributed by atoms with Crippen molar-refractivity contribution in [2.75, 3.05) is 0 Å². The molecule has 0 bridgehead atoms. The van der Waals surface area contributed by atoms with Gasteiger partial charge in [-0.3, -0.25) is 0 Å². The molecule has 1 heterocycles. The van der Waals surface area contributed by atoms with E-state index in [0.29, 0.717) is 6.42 Å². The van der Waals surface area contributed by atoms with E-state index in [0.717, 1.165) is 23.1 Å². The maximum absolute atomic E-state index is 13.5. The van der Waals surface area contributed by atoms with Crippen molar-refractivity contribution in [3.63, 3.8) is 0 Å². The summed E-state index contributed by atoms with van der Waals surface area (Å²) in [5.74, 6) is -0.311. The predicted octanol–water partition coefficient (Wildman–Crippen LogP) is 5.94. The number of nitrogens with one attached hydrogen (secondary N) is 1. The van der Waals surface area contributed by atoms with Gasteiger partial charge in [-0.1, -0.05) is 79.7 Å². The highest BCUT2D eigenvalue weighted by atomic mass is 35.5. The molecule has 0 aliphatic carbocycles. The molecule has 0 amide bonds. The maximum Gasteiger partial charge on any atom is 0.123 e. The lowest BCUT2D eigenvalue weighted by atomic mass is 9.67. The van der Waals surface area contributed by atoms with E-state index < -0.39 is 5.60 Å². The Morgan fingerprint density at radius 3 is 2.00 bits per heavy atom. The second kappa shape index (κ2) is 9.08. The fraction of sp³-hybridized carbons (Fsp3) is 0.280. The molecule has 0 radical (unpaired) electrons. The van der Waals surface area contributed by atoms with E-state index in [-0.39, 0.29) is 36.2 Å². The minimum Gasteiger partial charge on any atom is -0.385 e. The molecule has 3 aromatic rings. The first-order chi connectivity index (χ1) is 13.6. The van der Waals surface area contributed by atoms with Crippen LogP contribution >= 0.6 is 12.4 Å². The predicted molar refractivity (Wildman–Crippen MR) is 117 cm³/mol. The average Bonchev–Trinajstić information content (AvgIpc) is 2.75. The lowest BCUT2D eigenvalue weighted by molar-refractivity contribution is -0.0830. The topological polar surface area (TPSA) is 32.3 Å². The van der Waals surface area contributed by atoms with Gasteiger partial charge >= 0.3 is 0 Å². The number of rotatable bonds is 4. The van der Waals surface area contributed by atoms with E-state index >= 15 is 0 Å². The Balaban J connectivity index is 0.00000240. The molecule has 29 heavy (non-hydrogen) atoms. The van der Waals surface area contributed by atoms with Gasteiger partial charge in [0.05, 0.1) is 5.60 Å². The molecule has 1 saturated heterocycles. The van der Waals surface area contributed by atoms with E-state index in [1.807, 2.05) is 36.4 Å². The van der Waals surface area contributed by atoms with Crippen LogP contribution in [0.1, 0.15) is 48.5 Å². The third kappa shape index (κ3) is 4.23. The van der Waals surface area contributed by atoms with Crippen molar-refractivity contribution in [2.45, 2.75) is 37.5 Å². The molecular weight excluding hydrogens is 385 g/mol. The van der Waals surface area contributed by atoms with Crippen LogP contribution in [-0.2, 0) is 5.60 Å². The fourth-order valence-electron chi connectivity index (χ4n) is 4.66. The first-order valence-electron chi connectivity index (χ1n) is 9.96. The summed E-state index contributed by atoms with van der Waals surface area (Å²) < 4.78 is 13.5. The molecule has 1 fully saturated rings. The Bertz CT molecular complexity index is 903. The van der Waals surface area contributed by atoms with Gasteiger partial charge < -0.3 is 10.4 Å². The standard InChI is InChI=1S/C25H26FNO.ClH/c1-2-22-24(19-11-7-4-8-12-19)27-23(18-9-5-3-6-10-18)17-25(22,28)20-13-15-21(26)16-14-20;/h3-16,22-24,27-28H,2,17H2,1H3;1H. The first kappa shape index (κ1) is 21.5. The minimum absolute atomic E-state index is 0. The highest BCUT2D eigenvalue weighted by Crippen LogP contribution is 2.49. The van der Waals surface area contributed by atoms with Crippen LogP contribution in [0.15, 0.2) is 84.9 Å². The lowest BCUT2D eigenvalue weighted by Gasteiger charge is -2.49. The Labute approximate surface area is 178 Å². The van der Waals surface area contributed by atoms with Crippen LogP contribution in [0, 0.1) is 11.7 Å². The van der Waals surface area contributed by atoms with Crippen molar-refractivity contribution < 1.29 is 9.50 Å². The molecule has 2 nitrogen and oxygen atoms in total. The minimum atomic E-state index is -1.05. The van der Waals surface area contributed by atoms with Gasteiger partial charge in [0.2, 0.25) is 0 Å². The fourth-order valence-corrected chi connectivity index (χ4v) is 4.66. The van der Waals surface area contributed by atoms with E-state index in [1.165, 1.54) is 12.1 Å². The summed E-state index contributed by atoms with van der Waals surface area (Å²) in [5.41, 5.74) is 2.05. The van der Waals surface area contributed by atoms with Crippen LogP contribution in [0.4, 0.5) is 4.39 Å². The maximum atomic E-state index is 13.5. The quantitative estimate of drug-likeness (QED) is 0.557. The summed E-state index contributed by atoms with van der Waals surface area (Å²) in [5, 5.41) is 15.8. The average molecular weight is 412 g/mol. The van der Waals surface area contributed by atoms with Gasteiger partial charge in [-0.25, -0.2) is 4.39 Å². The number of aliphatic hydroxyl groups is 1. The SMILES string of the molecule is CCC1C(c2ccccc2)NC(c2ccccc2)CC1(O)c1ccc(F)cc1.Cl. The van der Waals surface area contributed by atoms with Crippen molar-refractivity contribution in [1.29, 1.82) is 0 Å². The highest BCUT2D eigenvalue weighted by molar-refractivity contribution is 5.85. The van der Waals surface area contributed by atoms with Crippen LogP contribution in [0.25, 0.3) is 0 Å². The summed E-state index contributed by atoms with van der Waals surface area (Å²) in [4.78, 5) is 0. The third-order valence-corrected chi connectivity index (χ3v) is 6.06. The highest BCUT2D eigenvalue weighted by Gasteiger charge is 2.48. The van der Waals surface area contributed by atoms with Crippen LogP contribution in [0.3, 0.4) is 0 Å². The van der Waals surface area contributed by atoms with Crippen molar-refractivity contribution >= 4 is 12.4 Å². The van der Waals surface area contributed by atoms with E-state index in [1.54, 1.807) is 12.1 Å². The largest absolute Gasteiger partial charge is 0.385 e. The van der Waals surface area contributed by atoms with Gasteiger partial charge in [0, 0.05) is 24.4 Å². The lowest BCUT2D eigenvalue weighted by Crippen LogP contribution is -2.51.